The molecule has 4 nitrogen and oxygen atoms in total. The first-order valence-corrected chi connectivity index (χ1v) is 8.49. The van der Waals surface area contributed by atoms with Crippen molar-refractivity contribution in [2.24, 2.45) is 5.73 Å². The van der Waals surface area contributed by atoms with Gasteiger partial charge in [-0.3, -0.25) is 0 Å². The molecule has 27 heavy (non-hydrogen) atoms. The molecule has 9 heteroatoms. The van der Waals surface area contributed by atoms with Crippen molar-refractivity contribution in [3.63, 3.8) is 0 Å². The Kier molecular flexibility index (Phi) is 5.99. The summed E-state index contributed by atoms with van der Waals surface area (Å²) < 4.78 is 70.5. The molecule has 2 N–H and O–H groups in total. The Morgan fingerprint density at radius 1 is 1.11 bits per heavy atom. The topological polar surface area (TPSA) is 53.7 Å². The van der Waals surface area contributed by atoms with Gasteiger partial charge in [0.25, 0.3) is 0 Å². The number of methoxy groups -OCH3 is 1. The maximum atomic E-state index is 15.3. The Morgan fingerprint density at radius 2 is 1.59 bits per heavy atom. The van der Waals surface area contributed by atoms with E-state index in [0.717, 1.165) is 0 Å². The summed E-state index contributed by atoms with van der Waals surface area (Å²) in [6.07, 6.45) is -5.40. The second-order valence-electron chi connectivity index (χ2n) is 7.50. The van der Waals surface area contributed by atoms with Crippen molar-refractivity contribution in [3.05, 3.63) is 35.6 Å². The molecule has 150 valence electrons. The van der Waals surface area contributed by atoms with Gasteiger partial charge in [0.05, 0.1) is 18.3 Å². The summed E-state index contributed by atoms with van der Waals surface area (Å²) in [6.45, 7) is 6.92. The maximum absolute atomic E-state index is 15.3. The van der Waals surface area contributed by atoms with Crippen LogP contribution in [0.3, 0.4) is 0 Å². The molecule has 0 radical (unpaired) electrons. The van der Waals surface area contributed by atoms with Gasteiger partial charge in [-0.25, -0.2) is 4.39 Å². The van der Waals surface area contributed by atoms with Gasteiger partial charge in [0, 0.05) is 0 Å². The Bertz CT molecular complexity index is 686. The van der Waals surface area contributed by atoms with Crippen LogP contribution in [0.2, 0.25) is 0 Å². The fraction of sp³-hybridized carbons (Fsp3) is 0.556. The smallest absolute Gasteiger partial charge is 0.497 e. The molecule has 1 aromatic carbocycles. The van der Waals surface area contributed by atoms with Gasteiger partial charge >= 0.3 is 13.3 Å². The van der Waals surface area contributed by atoms with Gasteiger partial charge in [0.15, 0.2) is 0 Å². The van der Waals surface area contributed by atoms with Gasteiger partial charge in [0.1, 0.15) is 17.5 Å². The molecule has 0 saturated carbocycles. The number of rotatable bonds is 5. The zero-order chi connectivity index (χ0) is 20.6. The molecule has 1 saturated heterocycles. The number of halogens is 4. The summed E-state index contributed by atoms with van der Waals surface area (Å²) in [5, 5.41) is 0. The minimum Gasteiger partial charge on any atom is -0.497 e. The van der Waals surface area contributed by atoms with Crippen molar-refractivity contribution in [2.75, 3.05) is 7.11 Å². The van der Waals surface area contributed by atoms with Crippen LogP contribution in [0.25, 0.3) is 5.57 Å². The van der Waals surface area contributed by atoms with Crippen LogP contribution in [-0.2, 0) is 9.31 Å². The summed E-state index contributed by atoms with van der Waals surface area (Å²) in [7, 11) is 0.0450. The van der Waals surface area contributed by atoms with Crippen molar-refractivity contribution in [2.45, 2.75) is 57.5 Å². The Balaban J connectivity index is 2.45. The highest BCUT2D eigenvalue weighted by Gasteiger charge is 2.54. The van der Waals surface area contributed by atoms with E-state index in [1.54, 1.807) is 27.7 Å². The minimum atomic E-state index is -4.66. The molecule has 1 aliphatic heterocycles. The molecule has 1 fully saturated rings. The van der Waals surface area contributed by atoms with E-state index in [2.05, 4.69) is 0 Å². The summed E-state index contributed by atoms with van der Waals surface area (Å²) in [5.41, 5.74) is 2.73. The van der Waals surface area contributed by atoms with E-state index in [0.29, 0.717) is 5.75 Å². The minimum absolute atomic E-state index is 0.207. The quantitative estimate of drug-likeness (QED) is 0.603. The molecule has 1 heterocycles. The third-order valence-electron chi connectivity index (χ3n) is 5.03. The van der Waals surface area contributed by atoms with Crippen molar-refractivity contribution in [3.8, 4) is 5.75 Å². The number of ether oxygens (including phenoxy) is 1. The van der Waals surface area contributed by atoms with Crippen LogP contribution in [0.15, 0.2) is 30.0 Å². The highest BCUT2D eigenvalue weighted by Crippen LogP contribution is 2.41. The Hall–Kier alpha value is -1.58. The fourth-order valence-corrected chi connectivity index (χ4v) is 2.57. The molecule has 0 spiro atoms. The van der Waals surface area contributed by atoms with Crippen LogP contribution in [0.5, 0.6) is 5.75 Å². The average Bonchev–Trinajstić information content (AvgIpc) is 2.79. The molecule has 0 aromatic heterocycles. The van der Waals surface area contributed by atoms with E-state index in [4.69, 9.17) is 19.8 Å². The molecule has 2 rings (SSSR count). The molecular formula is C18H24BF4NO3. The van der Waals surface area contributed by atoms with Gasteiger partial charge in [-0.05, 0) is 57.4 Å². The van der Waals surface area contributed by atoms with E-state index in [1.165, 1.54) is 31.4 Å². The summed E-state index contributed by atoms with van der Waals surface area (Å²) >= 11 is 0. The van der Waals surface area contributed by atoms with Gasteiger partial charge in [-0.15, -0.1) is 0 Å². The highest BCUT2D eigenvalue weighted by atomic mass is 19.4. The number of hydrogen-bond donors (Lipinski definition) is 1. The van der Waals surface area contributed by atoms with Crippen LogP contribution in [0.4, 0.5) is 17.6 Å². The Labute approximate surface area is 156 Å². The first kappa shape index (κ1) is 21.7. The highest BCUT2D eigenvalue weighted by molar-refractivity contribution is 6.55. The molecule has 0 amide bonds. The van der Waals surface area contributed by atoms with Crippen molar-refractivity contribution in [1.82, 2.24) is 0 Å². The lowest BCUT2D eigenvalue weighted by atomic mass is 9.81. The number of benzene rings is 1. The fourth-order valence-electron chi connectivity index (χ4n) is 2.57. The van der Waals surface area contributed by atoms with E-state index in [9.17, 15) is 13.2 Å². The van der Waals surface area contributed by atoms with Crippen LogP contribution >= 0.6 is 0 Å². The number of hydrogen-bond acceptors (Lipinski definition) is 4. The number of alkyl halides is 3. The monoisotopic (exact) mass is 389 g/mol. The van der Waals surface area contributed by atoms with E-state index < -0.39 is 42.7 Å². The lowest BCUT2D eigenvalue weighted by Crippen LogP contribution is -2.41. The van der Waals surface area contributed by atoms with Crippen LogP contribution in [-0.4, -0.2) is 37.6 Å². The normalized spacial score (nSPS) is 21.0. The largest absolute Gasteiger partial charge is 0.525 e. The molecule has 1 atom stereocenters. The lowest BCUT2D eigenvalue weighted by Gasteiger charge is -2.32. The van der Waals surface area contributed by atoms with E-state index in [1.807, 2.05) is 0 Å². The molecule has 1 aliphatic rings. The SMILES string of the molecule is COc1ccc(C(CC(N)C(F)(F)F)=C(F)B2OC(C)(C)C(C)(C)O2)cc1. The third kappa shape index (κ3) is 4.64. The summed E-state index contributed by atoms with van der Waals surface area (Å²) in [6, 6.07) is 3.80. The van der Waals surface area contributed by atoms with Crippen molar-refractivity contribution >= 4 is 12.7 Å². The van der Waals surface area contributed by atoms with Gasteiger partial charge in [-0.2, -0.15) is 13.2 Å². The predicted molar refractivity (Wildman–Crippen MR) is 95.8 cm³/mol. The molecule has 1 unspecified atom stereocenters. The molecule has 1 aromatic rings. The predicted octanol–water partition coefficient (Wildman–Crippen LogP) is 4.29. The van der Waals surface area contributed by atoms with E-state index in [-0.39, 0.29) is 11.1 Å². The molecule has 0 aliphatic carbocycles. The zero-order valence-corrected chi connectivity index (χ0v) is 16.0. The Morgan fingerprint density at radius 3 is 2.00 bits per heavy atom. The summed E-state index contributed by atoms with van der Waals surface area (Å²) in [5.74, 6) is 0.495. The summed E-state index contributed by atoms with van der Waals surface area (Å²) in [4.78, 5) is 0. The zero-order valence-electron chi connectivity index (χ0n) is 16.0. The molecule has 0 bridgehead atoms. The lowest BCUT2D eigenvalue weighted by molar-refractivity contribution is -0.146. The van der Waals surface area contributed by atoms with Crippen LogP contribution in [0, 0.1) is 0 Å². The first-order chi connectivity index (χ1) is 12.3. The maximum Gasteiger partial charge on any atom is 0.525 e. The van der Waals surface area contributed by atoms with Gasteiger partial charge in [0.2, 0.25) is 0 Å². The van der Waals surface area contributed by atoms with Crippen molar-refractivity contribution in [1.29, 1.82) is 0 Å². The second-order valence-corrected chi connectivity index (χ2v) is 7.50. The van der Waals surface area contributed by atoms with Gasteiger partial charge in [-0.1, -0.05) is 12.1 Å². The van der Waals surface area contributed by atoms with Crippen LogP contribution < -0.4 is 10.5 Å². The third-order valence-corrected chi connectivity index (χ3v) is 5.03. The standard InChI is InChI=1S/C18H24BF4NO3/c1-16(2)17(3,4)27-19(26-16)15(20)13(10-14(24)18(21,22)23)11-6-8-12(25-5)9-7-11/h6-9,14H,10,24H2,1-5H3. The van der Waals surface area contributed by atoms with Crippen LogP contribution in [0.1, 0.15) is 39.7 Å². The van der Waals surface area contributed by atoms with Crippen molar-refractivity contribution < 1.29 is 31.6 Å². The van der Waals surface area contributed by atoms with Gasteiger partial charge < -0.3 is 19.8 Å². The first-order valence-electron chi connectivity index (χ1n) is 8.49. The van der Waals surface area contributed by atoms with E-state index >= 15 is 4.39 Å². The average molecular weight is 389 g/mol. The molecular weight excluding hydrogens is 365 g/mol. The number of nitrogens with two attached hydrogens (primary N) is 1. The second kappa shape index (κ2) is 7.45.